The van der Waals surface area contributed by atoms with Gasteiger partial charge in [-0.2, -0.15) is 0 Å². The molecular formula is C10H11ClN2O4S. The van der Waals surface area contributed by atoms with Crippen molar-refractivity contribution in [1.82, 2.24) is 4.98 Å². The van der Waals surface area contributed by atoms with Gasteiger partial charge in [0.2, 0.25) is 0 Å². The number of carbonyl (C=O) groups is 3. The van der Waals surface area contributed by atoms with Gasteiger partial charge in [-0.3, -0.25) is 14.9 Å². The van der Waals surface area contributed by atoms with Gasteiger partial charge in [-0.15, -0.1) is 11.3 Å². The Morgan fingerprint density at radius 1 is 1.39 bits per heavy atom. The van der Waals surface area contributed by atoms with Crippen LogP contribution in [0.4, 0.5) is 9.93 Å². The summed E-state index contributed by atoms with van der Waals surface area (Å²) in [6.45, 7) is 5.15. The number of hydrogen-bond donors (Lipinski definition) is 1. The number of thiazole rings is 1. The standard InChI is InChI=1S/C10H11ClN2O4S/c1-10(2,3)17-9(16)13-8-12-5(4-18-8)6(14)7(11)15/h4H,1-3H3,(H,12,13,16). The molecule has 0 saturated heterocycles. The minimum absolute atomic E-state index is 0.106. The molecule has 0 radical (unpaired) electrons. The van der Waals surface area contributed by atoms with Gasteiger partial charge in [-0.05, 0) is 32.4 Å². The maximum Gasteiger partial charge on any atom is 0.413 e. The van der Waals surface area contributed by atoms with Crippen molar-refractivity contribution < 1.29 is 19.1 Å². The van der Waals surface area contributed by atoms with Gasteiger partial charge < -0.3 is 4.74 Å². The zero-order valence-corrected chi connectivity index (χ0v) is 11.5. The highest BCUT2D eigenvalue weighted by atomic mass is 35.5. The van der Waals surface area contributed by atoms with Crippen molar-refractivity contribution >= 4 is 45.2 Å². The Bertz CT molecular complexity index is 492. The summed E-state index contributed by atoms with van der Waals surface area (Å²) in [6, 6.07) is 0. The quantitative estimate of drug-likeness (QED) is 0.525. The number of Topliss-reactive ketones (excluding diaryl/α,β-unsaturated/α-hetero) is 1. The SMILES string of the molecule is CC(C)(C)OC(=O)Nc1nc(C(=O)C(=O)Cl)cs1. The number of nitrogens with one attached hydrogen (secondary N) is 1. The Balaban J connectivity index is 2.68. The average molecular weight is 291 g/mol. The van der Waals surface area contributed by atoms with E-state index in [1.165, 1.54) is 5.38 Å². The van der Waals surface area contributed by atoms with Crippen LogP contribution < -0.4 is 5.32 Å². The molecule has 0 atom stereocenters. The molecule has 6 nitrogen and oxygen atoms in total. The van der Waals surface area contributed by atoms with Crippen molar-refractivity contribution in [3.63, 3.8) is 0 Å². The Hall–Kier alpha value is -1.47. The van der Waals surface area contributed by atoms with Crippen molar-refractivity contribution in [3.8, 4) is 0 Å². The molecule has 8 heteroatoms. The van der Waals surface area contributed by atoms with E-state index < -0.39 is 22.7 Å². The second kappa shape index (κ2) is 5.45. The number of aromatic nitrogens is 1. The van der Waals surface area contributed by atoms with Crippen LogP contribution in [0.3, 0.4) is 0 Å². The lowest BCUT2D eigenvalue weighted by Crippen LogP contribution is -2.27. The number of nitrogens with zero attached hydrogens (tertiary/aromatic N) is 1. The second-order valence-electron chi connectivity index (χ2n) is 4.27. The fourth-order valence-electron chi connectivity index (χ4n) is 0.927. The molecule has 1 aromatic heterocycles. The first-order chi connectivity index (χ1) is 8.19. The van der Waals surface area contributed by atoms with Crippen LogP contribution in [-0.2, 0) is 9.53 Å². The molecule has 1 aromatic rings. The molecule has 1 rings (SSSR count). The molecule has 0 saturated carbocycles. The topological polar surface area (TPSA) is 85.4 Å². The minimum atomic E-state index is -1.12. The molecule has 1 heterocycles. The van der Waals surface area contributed by atoms with E-state index in [2.05, 4.69) is 10.3 Å². The smallest absolute Gasteiger partial charge is 0.413 e. The second-order valence-corrected chi connectivity index (χ2v) is 5.47. The van der Waals surface area contributed by atoms with E-state index in [0.29, 0.717) is 0 Å². The maximum absolute atomic E-state index is 11.4. The van der Waals surface area contributed by atoms with Crippen LogP contribution in [0, 0.1) is 0 Å². The summed E-state index contributed by atoms with van der Waals surface area (Å²) < 4.78 is 5.00. The van der Waals surface area contributed by atoms with Gasteiger partial charge in [-0.25, -0.2) is 9.78 Å². The van der Waals surface area contributed by atoms with Crippen LogP contribution in [0.5, 0.6) is 0 Å². The van der Waals surface area contributed by atoms with E-state index in [-0.39, 0.29) is 10.8 Å². The van der Waals surface area contributed by atoms with E-state index in [9.17, 15) is 14.4 Å². The highest BCUT2D eigenvalue weighted by molar-refractivity contribution is 7.14. The predicted molar refractivity (Wildman–Crippen MR) is 67.2 cm³/mol. The Kier molecular flexibility index (Phi) is 4.42. The van der Waals surface area contributed by atoms with E-state index >= 15 is 0 Å². The molecule has 0 unspecified atom stereocenters. The summed E-state index contributed by atoms with van der Waals surface area (Å²) in [7, 11) is 0. The molecule has 1 amide bonds. The van der Waals surface area contributed by atoms with Crippen LogP contribution in [0.2, 0.25) is 0 Å². The number of carbonyl (C=O) groups excluding carboxylic acids is 3. The molecule has 0 spiro atoms. The number of halogens is 1. The summed E-state index contributed by atoms with van der Waals surface area (Å²) in [5.41, 5.74) is -0.738. The van der Waals surface area contributed by atoms with Crippen molar-refractivity contribution in [1.29, 1.82) is 0 Å². The average Bonchev–Trinajstić information content (AvgIpc) is 2.61. The first-order valence-corrected chi connectivity index (χ1v) is 6.14. The highest BCUT2D eigenvalue weighted by Crippen LogP contribution is 2.17. The molecule has 0 fully saturated rings. The zero-order chi connectivity index (χ0) is 13.9. The van der Waals surface area contributed by atoms with Gasteiger partial charge >= 0.3 is 6.09 Å². The Morgan fingerprint density at radius 3 is 2.50 bits per heavy atom. The lowest BCUT2D eigenvalue weighted by atomic mass is 10.2. The fraction of sp³-hybridized carbons (Fsp3) is 0.400. The van der Waals surface area contributed by atoms with Gasteiger partial charge in [-0.1, -0.05) is 0 Å². The van der Waals surface area contributed by atoms with Gasteiger partial charge in [0.15, 0.2) is 5.13 Å². The molecule has 0 aliphatic heterocycles. The molecule has 0 aromatic carbocycles. The summed E-state index contributed by atoms with van der Waals surface area (Å²) in [6.07, 6.45) is -0.687. The molecule has 98 valence electrons. The van der Waals surface area contributed by atoms with Gasteiger partial charge in [0.05, 0.1) is 0 Å². The van der Waals surface area contributed by atoms with Crippen molar-refractivity contribution in [3.05, 3.63) is 11.1 Å². The van der Waals surface area contributed by atoms with Crippen molar-refractivity contribution in [2.45, 2.75) is 26.4 Å². The molecule has 1 N–H and O–H groups in total. The van der Waals surface area contributed by atoms with E-state index in [0.717, 1.165) is 11.3 Å². The monoisotopic (exact) mass is 290 g/mol. The zero-order valence-electron chi connectivity index (χ0n) is 9.94. The van der Waals surface area contributed by atoms with Crippen molar-refractivity contribution in [2.24, 2.45) is 0 Å². The first-order valence-electron chi connectivity index (χ1n) is 4.89. The van der Waals surface area contributed by atoms with Crippen LogP contribution >= 0.6 is 22.9 Å². The molecule has 0 bridgehead atoms. The third-order valence-electron chi connectivity index (χ3n) is 1.52. The number of hydrogen-bond acceptors (Lipinski definition) is 6. The molecule has 0 aliphatic rings. The number of ether oxygens (including phenoxy) is 1. The summed E-state index contributed by atoms with van der Waals surface area (Å²) in [5, 5.41) is 2.72. The third kappa shape index (κ3) is 4.42. The maximum atomic E-state index is 11.4. The summed E-state index contributed by atoms with van der Waals surface area (Å²) in [4.78, 5) is 37.0. The number of amides is 1. The predicted octanol–water partition coefficient (Wildman–Crippen LogP) is 2.44. The number of anilines is 1. The minimum Gasteiger partial charge on any atom is -0.444 e. The van der Waals surface area contributed by atoms with Gasteiger partial charge in [0.1, 0.15) is 11.3 Å². The normalized spacial score (nSPS) is 10.9. The van der Waals surface area contributed by atoms with E-state index in [1.807, 2.05) is 0 Å². The van der Waals surface area contributed by atoms with Gasteiger partial charge in [0.25, 0.3) is 11.0 Å². The summed E-state index contributed by atoms with van der Waals surface area (Å²) in [5.74, 6) is -0.912. The first kappa shape index (κ1) is 14.6. The van der Waals surface area contributed by atoms with Crippen LogP contribution in [0.1, 0.15) is 31.3 Å². The van der Waals surface area contributed by atoms with Crippen LogP contribution in [0.25, 0.3) is 0 Å². The largest absolute Gasteiger partial charge is 0.444 e. The van der Waals surface area contributed by atoms with Crippen molar-refractivity contribution in [2.75, 3.05) is 5.32 Å². The lowest BCUT2D eigenvalue weighted by molar-refractivity contribution is -0.108. The summed E-state index contributed by atoms with van der Waals surface area (Å²) >= 11 is 6.02. The van der Waals surface area contributed by atoms with E-state index in [1.54, 1.807) is 20.8 Å². The van der Waals surface area contributed by atoms with Crippen LogP contribution in [0.15, 0.2) is 5.38 Å². The lowest BCUT2D eigenvalue weighted by Gasteiger charge is -2.18. The molecule has 18 heavy (non-hydrogen) atoms. The Morgan fingerprint density at radius 2 is 2.00 bits per heavy atom. The van der Waals surface area contributed by atoms with E-state index in [4.69, 9.17) is 16.3 Å². The number of rotatable bonds is 3. The highest BCUT2D eigenvalue weighted by Gasteiger charge is 2.20. The molecular weight excluding hydrogens is 280 g/mol. The third-order valence-corrected chi connectivity index (χ3v) is 2.45. The molecule has 0 aliphatic carbocycles. The van der Waals surface area contributed by atoms with Crippen LogP contribution in [-0.4, -0.2) is 27.7 Å². The number of ketones is 1. The fourth-order valence-corrected chi connectivity index (χ4v) is 1.70. The Labute approximate surface area is 112 Å². The van der Waals surface area contributed by atoms with Gasteiger partial charge in [0, 0.05) is 5.38 Å².